The van der Waals surface area contributed by atoms with E-state index in [1.165, 1.54) is 6.07 Å². The van der Waals surface area contributed by atoms with Gasteiger partial charge in [-0.1, -0.05) is 12.1 Å². The molecule has 1 atom stereocenters. The summed E-state index contributed by atoms with van der Waals surface area (Å²) in [6, 6.07) is 1.59. The Labute approximate surface area is 93.3 Å². The van der Waals surface area contributed by atoms with Crippen molar-refractivity contribution in [2.45, 2.75) is 32.4 Å². The van der Waals surface area contributed by atoms with Gasteiger partial charge in [-0.25, -0.2) is 4.79 Å². The van der Waals surface area contributed by atoms with Gasteiger partial charge in [0.1, 0.15) is 0 Å². The van der Waals surface area contributed by atoms with Crippen LogP contribution in [0.25, 0.3) is 0 Å². The summed E-state index contributed by atoms with van der Waals surface area (Å²) in [6.07, 6.45) is 1.55. The first-order valence-corrected chi connectivity index (χ1v) is 5.20. The molecule has 0 aliphatic carbocycles. The Bertz CT molecular complexity index is 337. The minimum atomic E-state index is -1.10. The van der Waals surface area contributed by atoms with E-state index in [0.29, 0.717) is 18.7 Å². The summed E-state index contributed by atoms with van der Waals surface area (Å²) in [6.45, 7) is 2.55. The largest absolute Gasteiger partial charge is 0.476 e. The van der Waals surface area contributed by atoms with Crippen molar-refractivity contribution < 1.29 is 19.5 Å². The van der Waals surface area contributed by atoms with Crippen molar-refractivity contribution in [2.24, 2.45) is 0 Å². The Morgan fingerprint density at radius 2 is 2.44 bits per heavy atom. The Hall–Kier alpha value is -1.40. The number of nitrogens with zero attached hydrogens (tertiary/aromatic N) is 1. The highest BCUT2D eigenvalue weighted by Crippen LogP contribution is 2.05. The van der Waals surface area contributed by atoms with Crippen molar-refractivity contribution >= 4 is 5.97 Å². The van der Waals surface area contributed by atoms with Crippen LogP contribution in [0, 0.1) is 0 Å². The molecule has 0 spiro atoms. The Morgan fingerprint density at radius 3 is 2.94 bits per heavy atom. The standard InChI is InChI=1S/C10H16N2O4/c1-2-7(3-4-13)11-6-8-5-9(10(14)15)12-16-8/h5,7,11,13H,2-4,6H2,1H3,(H,14,15). The molecule has 0 saturated carbocycles. The number of aromatic nitrogens is 1. The van der Waals surface area contributed by atoms with Crippen LogP contribution in [0.1, 0.15) is 36.0 Å². The summed E-state index contributed by atoms with van der Waals surface area (Å²) in [7, 11) is 0. The van der Waals surface area contributed by atoms with Crippen molar-refractivity contribution in [3.8, 4) is 0 Å². The number of aromatic carboxylic acids is 1. The number of hydrogen-bond acceptors (Lipinski definition) is 5. The molecular formula is C10H16N2O4. The highest BCUT2D eigenvalue weighted by Gasteiger charge is 2.11. The number of carboxylic acid groups (broad SMARTS) is 1. The van der Waals surface area contributed by atoms with Gasteiger partial charge in [-0.15, -0.1) is 0 Å². The van der Waals surface area contributed by atoms with Crippen LogP contribution in [0.4, 0.5) is 0 Å². The zero-order chi connectivity index (χ0) is 12.0. The number of nitrogens with one attached hydrogen (secondary N) is 1. The van der Waals surface area contributed by atoms with Gasteiger partial charge in [-0.2, -0.15) is 0 Å². The van der Waals surface area contributed by atoms with Gasteiger partial charge in [0.25, 0.3) is 0 Å². The smallest absolute Gasteiger partial charge is 0.358 e. The maximum Gasteiger partial charge on any atom is 0.358 e. The maximum atomic E-state index is 10.5. The molecule has 1 rings (SSSR count). The van der Waals surface area contributed by atoms with Gasteiger partial charge in [-0.3, -0.25) is 0 Å². The molecule has 0 amide bonds. The summed E-state index contributed by atoms with van der Waals surface area (Å²) >= 11 is 0. The maximum absolute atomic E-state index is 10.5. The van der Waals surface area contributed by atoms with E-state index >= 15 is 0 Å². The van der Waals surface area contributed by atoms with E-state index in [2.05, 4.69) is 10.5 Å². The van der Waals surface area contributed by atoms with Gasteiger partial charge < -0.3 is 20.1 Å². The van der Waals surface area contributed by atoms with Crippen molar-refractivity contribution in [2.75, 3.05) is 6.61 Å². The molecule has 1 unspecified atom stereocenters. The van der Waals surface area contributed by atoms with Crippen LogP contribution in [0.3, 0.4) is 0 Å². The molecule has 0 bridgehead atoms. The molecule has 0 aliphatic heterocycles. The van der Waals surface area contributed by atoms with Crippen LogP contribution in [-0.2, 0) is 6.54 Å². The van der Waals surface area contributed by atoms with E-state index in [0.717, 1.165) is 6.42 Å². The summed E-state index contributed by atoms with van der Waals surface area (Å²) in [5, 5.41) is 24.0. The van der Waals surface area contributed by atoms with Gasteiger partial charge in [0.05, 0.1) is 6.54 Å². The molecule has 0 aromatic carbocycles. The molecule has 16 heavy (non-hydrogen) atoms. The summed E-state index contributed by atoms with van der Waals surface area (Å²) in [4.78, 5) is 10.5. The predicted molar refractivity (Wildman–Crippen MR) is 56.1 cm³/mol. The fraction of sp³-hybridized carbons (Fsp3) is 0.600. The number of carbonyl (C=O) groups is 1. The SMILES string of the molecule is CCC(CCO)NCc1cc(C(=O)O)no1. The molecule has 1 heterocycles. The van der Waals surface area contributed by atoms with Crippen molar-refractivity contribution in [1.82, 2.24) is 10.5 Å². The van der Waals surface area contributed by atoms with Gasteiger partial charge in [0.15, 0.2) is 11.5 Å². The molecule has 1 aromatic heterocycles. The quantitative estimate of drug-likeness (QED) is 0.633. The molecular weight excluding hydrogens is 212 g/mol. The van der Waals surface area contributed by atoms with Crippen LogP contribution in [0.5, 0.6) is 0 Å². The first-order chi connectivity index (χ1) is 7.67. The number of aliphatic hydroxyl groups excluding tert-OH is 1. The number of rotatable bonds is 7. The van der Waals surface area contributed by atoms with E-state index in [-0.39, 0.29) is 18.3 Å². The minimum absolute atomic E-state index is 0.0907. The molecule has 90 valence electrons. The molecule has 6 nitrogen and oxygen atoms in total. The Kier molecular flexibility index (Phi) is 4.94. The molecule has 3 N–H and O–H groups in total. The third-order valence-electron chi connectivity index (χ3n) is 2.31. The van der Waals surface area contributed by atoms with Crippen molar-refractivity contribution in [3.63, 3.8) is 0 Å². The number of carboxylic acids is 1. The van der Waals surface area contributed by atoms with Crippen LogP contribution in [0.2, 0.25) is 0 Å². The normalized spacial score (nSPS) is 12.6. The minimum Gasteiger partial charge on any atom is -0.476 e. The van der Waals surface area contributed by atoms with Gasteiger partial charge in [0, 0.05) is 18.7 Å². The monoisotopic (exact) mass is 228 g/mol. The fourth-order valence-electron chi connectivity index (χ4n) is 1.35. The highest BCUT2D eigenvalue weighted by molar-refractivity contribution is 5.85. The molecule has 1 aromatic rings. The van der Waals surface area contributed by atoms with Crippen molar-refractivity contribution in [3.05, 3.63) is 17.5 Å². The molecule has 0 saturated heterocycles. The molecule has 0 aliphatic rings. The second-order valence-electron chi connectivity index (χ2n) is 3.48. The third-order valence-corrected chi connectivity index (χ3v) is 2.31. The summed E-state index contributed by atoms with van der Waals surface area (Å²) in [5.74, 6) is -0.619. The summed E-state index contributed by atoms with van der Waals surface area (Å²) in [5.41, 5.74) is -0.0907. The van der Waals surface area contributed by atoms with Gasteiger partial charge in [-0.05, 0) is 12.8 Å². The van der Waals surface area contributed by atoms with E-state index in [9.17, 15) is 4.79 Å². The first-order valence-electron chi connectivity index (χ1n) is 5.20. The molecule has 6 heteroatoms. The molecule has 0 fully saturated rings. The topological polar surface area (TPSA) is 95.6 Å². The van der Waals surface area contributed by atoms with Crippen molar-refractivity contribution in [1.29, 1.82) is 0 Å². The lowest BCUT2D eigenvalue weighted by molar-refractivity contribution is 0.0685. The first kappa shape index (κ1) is 12.7. The number of aliphatic hydroxyl groups is 1. The van der Waals surface area contributed by atoms with E-state index in [4.69, 9.17) is 14.7 Å². The van der Waals surface area contributed by atoms with Crippen LogP contribution in [0.15, 0.2) is 10.6 Å². The van der Waals surface area contributed by atoms with Crippen LogP contribution >= 0.6 is 0 Å². The predicted octanol–water partition coefficient (Wildman–Crippen LogP) is 0.623. The van der Waals surface area contributed by atoms with E-state index in [1.54, 1.807) is 0 Å². The summed E-state index contributed by atoms with van der Waals surface area (Å²) < 4.78 is 4.84. The number of hydrogen-bond donors (Lipinski definition) is 3. The third kappa shape index (κ3) is 3.63. The lowest BCUT2D eigenvalue weighted by atomic mass is 10.1. The van der Waals surface area contributed by atoms with E-state index < -0.39 is 5.97 Å². The highest BCUT2D eigenvalue weighted by atomic mass is 16.5. The average molecular weight is 228 g/mol. The zero-order valence-corrected chi connectivity index (χ0v) is 9.14. The lowest BCUT2D eigenvalue weighted by Gasteiger charge is -2.13. The fourth-order valence-corrected chi connectivity index (χ4v) is 1.35. The Balaban J connectivity index is 2.44. The van der Waals surface area contributed by atoms with E-state index in [1.807, 2.05) is 6.92 Å². The second-order valence-corrected chi connectivity index (χ2v) is 3.48. The van der Waals surface area contributed by atoms with Crippen LogP contribution in [-0.4, -0.2) is 34.0 Å². The Morgan fingerprint density at radius 1 is 1.69 bits per heavy atom. The second kappa shape index (κ2) is 6.24. The van der Waals surface area contributed by atoms with Crippen LogP contribution < -0.4 is 5.32 Å². The van der Waals surface area contributed by atoms with Gasteiger partial charge >= 0.3 is 5.97 Å². The zero-order valence-electron chi connectivity index (χ0n) is 9.14. The average Bonchev–Trinajstić information content (AvgIpc) is 2.73. The van der Waals surface area contributed by atoms with Gasteiger partial charge in [0.2, 0.25) is 0 Å². The lowest BCUT2D eigenvalue weighted by Crippen LogP contribution is -2.28. The molecule has 0 radical (unpaired) electrons.